The monoisotopic (exact) mass is 178 g/mol. The average Bonchev–Trinajstić information content (AvgIpc) is 2.15. The summed E-state index contributed by atoms with van der Waals surface area (Å²) < 4.78 is 0. The van der Waals surface area contributed by atoms with Gasteiger partial charge in [-0.15, -0.1) is 0 Å². The molecular formula is C8H10N4O. The lowest BCUT2D eigenvalue weighted by molar-refractivity contribution is 0.249. The highest BCUT2D eigenvalue weighted by molar-refractivity contribution is 5.97. The van der Waals surface area contributed by atoms with Crippen molar-refractivity contribution in [2.24, 2.45) is 16.6 Å². The molecular weight excluding hydrogens is 168 g/mol. The number of nitrogens with zero attached hydrogens (tertiary/aromatic N) is 1. The van der Waals surface area contributed by atoms with Gasteiger partial charge in [-0.2, -0.15) is 5.10 Å². The second-order valence-electron chi connectivity index (χ2n) is 2.34. The minimum absolute atomic E-state index is 0.222. The molecule has 0 fully saturated rings. The van der Waals surface area contributed by atoms with Gasteiger partial charge in [0, 0.05) is 5.56 Å². The molecule has 0 saturated heterocycles. The highest BCUT2D eigenvalue weighted by atomic mass is 16.2. The summed E-state index contributed by atoms with van der Waals surface area (Å²) in [6.07, 6.45) is 0. The van der Waals surface area contributed by atoms with Gasteiger partial charge in [-0.3, -0.25) is 0 Å². The number of nitrogens with two attached hydrogens (primary N) is 2. The molecule has 0 spiro atoms. The molecule has 68 valence electrons. The van der Waals surface area contributed by atoms with Crippen LogP contribution < -0.4 is 16.9 Å². The lowest BCUT2D eigenvalue weighted by Gasteiger charge is -1.99. The third-order valence-electron chi connectivity index (χ3n) is 1.36. The molecule has 1 rings (SSSR count). The van der Waals surface area contributed by atoms with Gasteiger partial charge in [0.15, 0.2) is 5.84 Å². The van der Waals surface area contributed by atoms with Gasteiger partial charge in [0.1, 0.15) is 0 Å². The minimum atomic E-state index is -0.737. The number of hydrazone groups is 1. The van der Waals surface area contributed by atoms with Crippen LogP contribution in [0, 0.1) is 0 Å². The van der Waals surface area contributed by atoms with Gasteiger partial charge in [-0.25, -0.2) is 10.2 Å². The van der Waals surface area contributed by atoms with Crippen LogP contribution in [0.4, 0.5) is 4.79 Å². The summed E-state index contributed by atoms with van der Waals surface area (Å²) in [6, 6.07) is 8.32. The molecule has 0 aliphatic carbocycles. The molecule has 5 N–H and O–H groups in total. The van der Waals surface area contributed by atoms with Crippen LogP contribution in [0.3, 0.4) is 0 Å². The van der Waals surface area contributed by atoms with Crippen LogP contribution in [-0.4, -0.2) is 11.9 Å². The first-order valence-corrected chi connectivity index (χ1v) is 3.64. The number of rotatable bonds is 2. The van der Waals surface area contributed by atoms with Crippen molar-refractivity contribution in [2.45, 2.75) is 0 Å². The minimum Gasteiger partial charge on any atom is -0.382 e. The summed E-state index contributed by atoms with van der Waals surface area (Å²) in [5.74, 6) is 0.222. The van der Waals surface area contributed by atoms with Crippen molar-refractivity contribution >= 4 is 11.9 Å². The number of amidine groups is 1. The number of hydrogen-bond acceptors (Lipinski definition) is 2. The fourth-order valence-electron chi connectivity index (χ4n) is 0.789. The molecule has 0 aromatic heterocycles. The number of nitrogens with one attached hydrogen (secondary N) is 1. The smallest absolute Gasteiger partial charge is 0.332 e. The Labute approximate surface area is 75.4 Å². The number of carbonyl (C=O) groups excluding carboxylic acids is 1. The summed E-state index contributed by atoms with van der Waals surface area (Å²) in [6.45, 7) is 0. The zero-order chi connectivity index (χ0) is 9.68. The molecule has 0 aliphatic heterocycles. The first-order valence-electron chi connectivity index (χ1n) is 3.64. The van der Waals surface area contributed by atoms with E-state index in [1.165, 1.54) is 0 Å². The third kappa shape index (κ3) is 2.82. The van der Waals surface area contributed by atoms with Gasteiger partial charge >= 0.3 is 6.03 Å². The Morgan fingerprint density at radius 3 is 2.38 bits per heavy atom. The van der Waals surface area contributed by atoms with E-state index in [9.17, 15) is 4.79 Å². The Morgan fingerprint density at radius 2 is 1.85 bits per heavy atom. The van der Waals surface area contributed by atoms with Crippen LogP contribution in [0.25, 0.3) is 0 Å². The largest absolute Gasteiger partial charge is 0.382 e. The van der Waals surface area contributed by atoms with E-state index in [-0.39, 0.29) is 5.84 Å². The van der Waals surface area contributed by atoms with Crippen molar-refractivity contribution in [2.75, 3.05) is 0 Å². The van der Waals surface area contributed by atoms with Crippen LogP contribution in [0.15, 0.2) is 35.4 Å². The molecule has 13 heavy (non-hydrogen) atoms. The average molecular weight is 178 g/mol. The zero-order valence-electron chi connectivity index (χ0n) is 6.90. The predicted molar refractivity (Wildman–Crippen MR) is 49.9 cm³/mol. The van der Waals surface area contributed by atoms with Crippen LogP contribution in [0.5, 0.6) is 0 Å². The Bertz CT molecular complexity index is 320. The fourth-order valence-corrected chi connectivity index (χ4v) is 0.789. The lowest BCUT2D eigenvalue weighted by Crippen LogP contribution is -2.28. The van der Waals surface area contributed by atoms with Gasteiger partial charge in [-0.1, -0.05) is 30.3 Å². The summed E-state index contributed by atoms with van der Waals surface area (Å²) in [4.78, 5) is 10.3. The molecule has 1 aromatic rings. The highest BCUT2D eigenvalue weighted by Gasteiger charge is 1.96. The second kappa shape index (κ2) is 4.10. The second-order valence-corrected chi connectivity index (χ2v) is 2.34. The van der Waals surface area contributed by atoms with E-state index in [1.807, 2.05) is 23.6 Å². The first-order chi connectivity index (χ1) is 6.20. The summed E-state index contributed by atoms with van der Waals surface area (Å²) >= 11 is 0. The molecule has 0 saturated carbocycles. The molecule has 2 amide bonds. The maximum atomic E-state index is 10.3. The molecule has 5 heteroatoms. The van der Waals surface area contributed by atoms with Crippen LogP contribution in [0.2, 0.25) is 0 Å². The van der Waals surface area contributed by atoms with Crippen molar-refractivity contribution in [3.63, 3.8) is 0 Å². The summed E-state index contributed by atoms with van der Waals surface area (Å²) in [5.41, 5.74) is 13.1. The maximum Gasteiger partial charge on any atom is 0.332 e. The molecule has 0 atom stereocenters. The van der Waals surface area contributed by atoms with Crippen molar-refractivity contribution in [1.82, 2.24) is 5.43 Å². The SMILES string of the molecule is NC(=O)NN=C(N)c1ccccc1. The van der Waals surface area contributed by atoms with Crippen molar-refractivity contribution in [3.8, 4) is 0 Å². The number of amides is 2. The van der Waals surface area contributed by atoms with Gasteiger partial charge < -0.3 is 11.5 Å². The Hall–Kier alpha value is -2.04. The van der Waals surface area contributed by atoms with E-state index < -0.39 is 6.03 Å². The van der Waals surface area contributed by atoms with E-state index in [2.05, 4.69) is 5.10 Å². The molecule has 0 heterocycles. The topological polar surface area (TPSA) is 93.5 Å². The highest BCUT2D eigenvalue weighted by Crippen LogP contribution is 1.96. The van der Waals surface area contributed by atoms with E-state index in [0.717, 1.165) is 5.56 Å². The van der Waals surface area contributed by atoms with Crippen LogP contribution in [-0.2, 0) is 0 Å². The van der Waals surface area contributed by atoms with Gasteiger partial charge in [0.05, 0.1) is 0 Å². The molecule has 0 bridgehead atoms. The maximum absolute atomic E-state index is 10.3. The molecule has 0 aliphatic rings. The van der Waals surface area contributed by atoms with E-state index in [1.54, 1.807) is 12.1 Å². The standard InChI is InChI=1S/C8H10N4O/c9-7(11-12-8(10)13)6-4-2-1-3-5-6/h1-5H,(H2,9,11)(H3,10,12,13). The Balaban J connectivity index is 2.73. The number of benzene rings is 1. The van der Waals surface area contributed by atoms with Gasteiger partial charge in [0.25, 0.3) is 0 Å². The number of hydrogen-bond donors (Lipinski definition) is 3. The summed E-state index contributed by atoms with van der Waals surface area (Å²) in [7, 11) is 0. The van der Waals surface area contributed by atoms with E-state index >= 15 is 0 Å². The van der Waals surface area contributed by atoms with E-state index in [4.69, 9.17) is 11.5 Å². The van der Waals surface area contributed by atoms with Crippen LogP contribution >= 0.6 is 0 Å². The summed E-state index contributed by atoms with van der Waals surface area (Å²) in [5, 5.41) is 3.56. The Kier molecular flexibility index (Phi) is 2.86. The third-order valence-corrected chi connectivity index (χ3v) is 1.36. The predicted octanol–water partition coefficient (Wildman–Crippen LogP) is -0.0248. The number of primary amides is 1. The van der Waals surface area contributed by atoms with Crippen molar-refractivity contribution < 1.29 is 4.79 Å². The fraction of sp³-hybridized carbons (Fsp3) is 0. The van der Waals surface area contributed by atoms with Crippen molar-refractivity contribution in [3.05, 3.63) is 35.9 Å². The first kappa shape index (κ1) is 9.05. The van der Waals surface area contributed by atoms with E-state index in [0.29, 0.717) is 0 Å². The molecule has 0 radical (unpaired) electrons. The zero-order valence-corrected chi connectivity index (χ0v) is 6.90. The van der Waals surface area contributed by atoms with Crippen LogP contribution in [0.1, 0.15) is 5.56 Å². The molecule has 5 nitrogen and oxygen atoms in total. The van der Waals surface area contributed by atoms with Gasteiger partial charge in [-0.05, 0) is 0 Å². The quantitative estimate of drug-likeness (QED) is 0.337. The normalized spacial score (nSPS) is 10.9. The number of urea groups is 1. The Morgan fingerprint density at radius 1 is 1.23 bits per heavy atom. The van der Waals surface area contributed by atoms with Gasteiger partial charge in [0.2, 0.25) is 0 Å². The number of carbonyl (C=O) groups is 1. The molecule has 1 aromatic carbocycles. The van der Waals surface area contributed by atoms with Crippen molar-refractivity contribution in [1.29, 1.82) is 0 Å². The molecule has 0 unspecified atom stereocenters. The lowest BCUT2D eigenvalue weighted by atomic mass is 10.2.